The van der Waals surface area contributed by atoms with E-state index in [4.69, 9.17) is 9.84 Å². The fourth-order valence-electron chi connectivity index (χ4n) is 2.05. The monoisotopic (exact) mass is 264 g/mol. The fraction of sp³-hybridized carbons (Fsp3) is 0.562. The van der Waals surface area contributed by atoms with Crippen LogP contribution in [0, 0.1) is 32.6 Å². The highest BCUT2D eigenvalue weighted by Crippen LogP contribution is 2.27. The van der Waals surface area contributed by atoms with E-state index in [1.807, 2.05) is 33.8 Å². The summed E-state index contributed by atoms with van der Waals surface area (Å²) >= 11 is 0. The zero-order valence-corrected chi connectivity index (χ0v) is 12.5. The van der Waals surface area contributed by atoms with Gasteiger partial charge >= 0.3 is 5.97 Å². The number of ether oxygens (including phenoxy) is 1. The van der Waals surface area contributed by atoms with E-state index >= 15 is 0 Å². The SMILES string of the molecule is Cc1ccc(C)c(OCC(CC(=O)O)C(C)C)c1C. The molecule has 1 aromatic carbocycles. The van der Waals surface area contributed by atoms with Crippen molar-refractivity contribution >= 4 is 5.97 Å². The largest absolute Gasteiger partial charge is 0.493 e. The van der Waals surface area contributed by atoms with Crippen LogP contribution in [0.3, 0.4) is 0 Å². The van der Waals surface area contributed by atoms with E-state index < -0.39 is 5.97 Å². The first-order valence-corrected chi connectivity index (χ1v) is 6.74. The second kappa shape index (κ2) is 6.60. The van der Waals surface area contributed by atoms with Crippen LogP contribution in [0.25, 0.3) is 0 Å². The Morgan fingerprint density at radius 2 is 1.79 bits per heavy atom. The third-order valence-electron chi connectivity index (χ3n) is 3.69. The van der Waals surface area contributed by atoms with Gasteiger partial charge in [-0.1, -0.05) is 26.0 Å². The summed E-state index contributed by atoms with van der Waals surface area (Å²) < 4.78 is 5.91. The summed E-state index contributed by atoms with van der Waals surface area (Å²) in [6.07, 6.45) is 0.154. The summed E-state index contributed by atoms with van der Waals surface area (Å²) in [6.45, 7) is 10.6. The maximum absolute atomic E-state index is 10.9. The third kappa shape index (κ3) is 4.27. The van der Waals surface area contributed by atoms with Crippen molar-refractivity contribution in [2.45, 2.75) is 41.0 Å². The number of carboxylic acid groups (broad SMARTS) is 1. The maximum atomic E-state index is 10.9. The van der Waals surface area contributed by atoms with Gasteiger partial charge in [-0.15, -0.1) is 0 Å². The number of carboxylic acids is 1. The van der Waals surface area contributed by atoms with Gasteiger partial charge in [-0.2, -0.15) is 0 Å². The van der Waals surface area contributed by atoms with E-state index in [1.165, 1.54) is 5.56 Å². The predicted molar refractivity (Wildman–Crippen MR) is 76.7 cm³/mol. The fourth-order valence-corrected chi connectivity index (χ4v) is 2.05. The van der Waals surface area contributed by atoms with Gasteiger partial charge in [-0.25, -0.2) is 0 Å². The molecule has 19 heavy (non-hydrogen) atoms. The molecule has 1 unspecified atom stereocenters. The summed E-state index contributed by atoms with van der Waals surface area (Å²) in [5.41, 5.74) is 3.43. The summed E-state index contributed by atoms with van der Waals surface area (Å²) in [7, 11) is 0. The first-order valence-electron chi connectivity index (χ1n) is 6.74. The van der Waals surface area contributed by atoms with Gasteiger partial charge in [0.05, 0.1) is 13.0 Å². The van der Waals surface area contributed by atoms with Crippen LogP contribution in [0.1, 0.15) is 37.0 Å². The molecule has 0 amide bonds. The molecule has 3 heteroatoms. The maximum Gasteiger partial charge on any atom is 0.303 e. The van der Waals surface area contributed by atoms with E-state index in [1.54, 1.807) is 0 Å². The first kappa shape index (κ1) is 15.5. The minimum absolute atomic E-state index is 0.0387. The van der Waals surface area contributed by atoms with Gasteiger partial charge in [0.1, 0.15) is 5.75 Å². The molecule has 0 heterocycles. The van der Waals surface area contributed by atoms with E-state index in [2.05, 4.69) is 13.0 Å². The summed E-state index contributed by atoms with van der Waals surface area (Å²) in [5, 5.41) is 8.93. The van der Waals surface area contributed by atoms with E-state index in [9.17, 15) is 4.79 Å². The lowest BCUT2D eigenvalue weighted by Gasteiger charge is -2.21. The van der Waals surface area contributed by atoms with Crippen LogP contribution in [-0.4, -0.2) is 17.7 Å². The lowest BCUT2D eigenvalue weighted by molar-refractivity contribution is -0.138. The number of hydrogen-bond acceptors (Lipinski definition) is 2. The molecule has 0 aromatic heterocycles. The Morgan fingerprint density at radius 3 is 2.32 bits per heavy atom. The van der Waals surface area contributed by atoms with Crippen LogP contribution >= 0.6 is 0 Å². The predicted octanol–water partition coefficient (Wildman–Crippen LogP) is 3.74. The average Bonchev–Trinajstić information content (AvgIpc) is 2.32. The van der Waals surface area contributed by atoms with Crippen molar-refractivity contribution in [3.05, 3.63) is 28.8 Å². The first-order chi connectivity index (χ1) is 8.82. The van der Waals surface area contributed by atoms with E-state index in [-0.39, 0.29) is 12.3 Å². The van der Waals surface area contributed by atoms with Crippen molar-refractivity contribution < 1.29 is 14.6 Å². The molecule has 0 aliphatic heterocycles. The molecule has 0 fully saturated rings. The lowest BCUT2D eigenvalue weighted by Crippen LogP contribution is -2.21. The molecule has 0 spiro atoms. The van der Waals surface area contributed by atoms with Gasteiger partial charge in [-0.05, 0) is 43.4 Å². The van der Waals surface area contributed by atoms with Crippen LogP contribution in [-0.2, 0) is 4.79 Å². The number of aryl methyl sites for hydroxylation is 2. The molecule has 0 saturated carbocycles. The zero-order valence-electron chi connectivity index (χ0n) is 12.5. The number of benzene rings is 1. The Labute approximate surface area is 115 Å². The van der Waals surface area contributed by atoms with Crippen LogP contribution < -0.4 is 4.74 Å². The highest BCUT2D eigenvalue weighted by Gasteiger charge is 2.19. The second-order valence-electron chi connectivity index (χ2n) is 5.57. The van der Waals surface area contributed by atoms with Crippen LogP contribution in [0.5, 0.6) is 5.75 Å². The lowest BCUT2D eigenvalue weighted by atomic mass is 9.93. The summed E-state index contributed by atoms with van der Waals surface area (Å²) in [4.78, 5) is 10.9. The standard InChI is InChI=1S/C16H24O3/c1-10(2)14(8-15(17)18)9-19-16-12(4)7-6-11(3)13(16)5/h6-7,10,14H,8-9H2,1-5H3,(H,17,18). The van der Waals surface area contributed by atoms with E-state index in [0.29, 0.717) is 12.5 Å². The van der Waals surface area contributed by atoms with Gasteiger partial charge in [0.2, 0.25) is 0 Å². The molecule has 106 valence electrons. The minimum atomic E-state index is -0.764. The van der Waals surface area contributed by atoms with Crippen molar-refractivity contribution in [3.8, 4) is 5.75 Å². The molecule has 0 aliphatic carbocycles. The molecule has 1 N–H and O–H groups in total. The Balaban J connectivity index is 2.80. The molecule has 3 nitrogen and oxygen atoms in total. The molecule has 0 radical (unpaired) electrons. The Bertz CT molecular complexity index is 450. The van der Waals surface area contributed by atoms with Crippen LogP contribution in [0.2, 0.25) is 0 Å². The molecule has 1 atom stereocenters. The molecular formula is C16H24O3. The van der Waals surface area contributed by atoms with Gasteiger partial charge < -0.3 is 9.84 Å². The van der Waals surface area contributed by atoms with Crippen LogP contribution in [0.15, 0.2) is 12.1 Å². The molecule has 0 aliphatic rings. The van der Waals surface area contributed by atoms with Crippen molar-refractivity contribution in [1.82, 2.24) is 0 Å². The zero-order chi connectivity index (χ0) is 14.6. The minimum Gasteiger partial charge on any atom is -0.493 e. The van der Waals surface area contributed by atoms with Gasteiger partial charge in [0.15, 0.2) is 0 Å². The van der Waals surface area contributed by atoms with Gasteiger partial charge in [0, 0.05) is 5.92 Å². The van der Waals surface area contributed by atoms with Gasteiger partial charge in [-0.3, -0.25) is 4.79 Å². The Kier molecular flexibility index (Phi) is 5.40. The number of hydrogen-bond donors (Lipinski definition) is 1. The number of rotatable bonds is 6. The summed E-state index contributed by atoms with van der Waals surface area (Å²) in [6, 6.07) is 4.12. The highest BCUT2D eigenvalue weighted by atomic mass is 16.5. The Hall–Kier alpha value is -1.51. The molecule has 0 bridgehead atoms. The smallest absolute Gasteiger partial charge is 0.303 e. The third-order valence-corrected chi connectivity index (χ3v) is 3.69. The van der Waals surface area contributed by atoms with Crippen molar-refractivity contribution in [1.29, 1.82) is 0 Å². The molecule has 0 saturated heterocycles. The van der Waals surface area contributed by atoms with Crippen molar-refractivity contribution in [2.24, 2.45) is 11.8 Å². The molecular weight excluding hydrogens is 240 g/mol. The molecule has 1 aromatic rings. The quantitative estimate of drug-likeness (QED) is 0.851. The second-order valence-corrected chi connectivity index (χ2v) is 5.57. The number of aliphatic carboxylic acids is 1. The van der Waals surface area contributed by atoms with Crippen molar-refractivity contribution in [2.75, 3.05) is 6.61 Å². The van der Waals surface area contributed by atoms with E-state index in [0.717, 1.165) is 16.9 Å². The summed E-state index contributed by atoms with van der Waals surface area (Å²) in [5.74, 6) is 0.467. The molecule has 1 rings (SSSR count). The normalized spacial score (nSPS) is 12.5. The van der Waals surface area contributed by atoms with Crippen molar-refractivity contribution in [3.63, 3.8) is 0 Å². The van der Waals surface area contributed by atoms with Gasteiger partial charge in [0.25, 0.3) is 0 Å². The average molecular weight is 264 g/mol. The Morgan fingerprint density at radius 1 is 1.21 bits per heavy atom. The van der Waals surface area contributed by atoms with Crippen LogP contribution in [0.4, 0.5) is 0 Å². The topological polar surface area (TPSA) is 46.5 Å². The highest BCUT2D eigenvalue weighted by molar-refractivity contribution is 5.67. The number of carbonyl (C=O) groups is 1.